The lowest BCUT2D eigenvalue weighted by atomic mass is 9.70. The second-order valence-corrected chi connectivity index (χ2v) is 19.1. The van der Waals surface area contributed by atoms with Gasteiger partial charge in [0.15, 0.2) is 0 Å². The van der Waals surface area contributed by atoms with Crippen molar-refractivity contribution in [1.29, 1.82) is 0 Å². The minimum absolute atomic E-state index is 0.193. The van der Waals surface area contributed by atoms with Gasteiger partial charge in [0.25, 0.3) is 0 Å². The van der Waals surface area contributed by atoms with Crippen molar-refractivity contribution in [2.24, 2.45) is 0 Å². The number of anilines is 3. The van der Waals surface area contributed by atoms with E-state index in [0.717, 1.165) is 72.1 Å². The van der Waals surface area contributed by atoms with E-state index in [9.17, 15) is 0 Å². The van der Waals surface area contributed by atoms with Crippen LogP contribution in [0.3, 0.4) is 0 Å². The van der Waals surface area contributed by atoms with Crippen molar-refractivity contribution < 1.29 is 8.83 Å². The minimum atomic E-state index is -0.482. The predicted octanol–water partition coefficient (Wildman–Crippen LogP) is 17.3. The van der Waals surface area contributed by atoms with Crippen LogP contribution in [-0.4, -0.2) is 0 Å². The summed E-state index contributed by atoms with van der Waals surface area (Å²) in [5, 5.41) is 4.17. The summed E-state index contributed by atoms with van der Waals surface area (Å²) < 4.78 is 13.7. The molecule has 0 atom stereocenters. The van der Waals surface area contributed by atoms with Gasteiger partial charge in [0.1, 0.15) is 22.3 Å². The fraction of sp³-hybridized carbons (Fsp3) is 0.0625. The van der Waals surface area contributed by atoms with Gasteiger partial charge in [-0.25, -0.2) is 0 Å². The molecule has 314 valence electrons. The Labute approximate surface area is 387 Å². The molecule has 2 heterocycles. The van der Waals surface area contributed by atoms with E-state index in [4.69, 9.17) is 8.83 Å². The summed E-state index contributed by atoms with van der Waals surface area (Å²) in [6.07, 6.45) is 0. The van der Waals surface area contributed by atoms with Crippen LogP contribution in [0.2, 0.25) is 0 Å². The van der Waals surface area contributed by atoms with E-state index in [1.165, 1.54) is 66.8 Å². The number of fused-ring (bicyclic) bond motifs is 19. The van der Waals surface area contributed by atoms with E-state index < -0.39 is 5.41 Å². The van der Waals surface area contributed by atoms with Gasteiger partial charge in [0.2, 0.25) is 0 Å². The molecule has 10 aromatic carbocycles. The average Bonchev–Trinajstić information content (AvgIpc) is 4.15. The number of nitrogens with zero attached hydrogens (tertiary/aromatic N) is 1. The van der Waals surface area contributed by atoms with Gasteiger partial charge in [-0.05, 0) is 127 Å². The number of rotatable bonds is 4. The van der Waals surface area contributed by atoms with Crippen LogP contribution in [0.5, 0.6) is 0 Å². The maximum absolute atomic E-state index is 6.92. The van der Waals surface area contributed by atoms with Crippen molar-refractivity contribution in [2.45, 2.75) is 24.7 Å². The zero-order valence-electron chi connectivity index (χ0n) is 37.0. The van der Waals surface area contributed by atoms with E-state index in [1.807, 2.05) is 0 Å². The first-order valence-corrected chi connectivity index (χ1v) is 23.3. The molecule has 3 aliphatic rings. The second kappa shape index (κ2) is 13.1. The van der Waals surface area contributed by atoms with Gasteiger partial charge in [-0.1, -0.05) is 172 Å². The van der Waals surface area contributed by atoms with E-state index in [1.54, 1.807) is 0 Å². The predicted molar refractivity (Wildman–Crippen MR) is 275 cm³/mol. The molecule has 67 heavy (non-hydrogen) atoms. The SMILES string of the molecule is CC1(C)c2ccccc2-c2ccc(N(c3cccc4c3-c3ccccc3C43c4ccccc4-c4ccccc43)c3cccc4oc5cc6c(cc5c34)oc3cc(-c4ccccc4)ccc36)cc21. The molecule has 3 aliphatic carbocycles. The quantitative estimate of drug-likeness (QED) is 0.177. The molecule has 0 N–H and O–H groups in total. The minimum Gasteiger partial charge on any atom is -0.456 e. The van der Waals surface area contributed by atoms with Crippen molar-refractivity contribution >= 4 is 60.9 Å². The molecular weight excluding hydrogens is 815 g/mol. The van der Waals surface area contributed by atoms with Gasteiger partial charge < -0.3 is 13.7 Å². The maximum Gasteiger partial charge on any atom is 0.137 e. The van der Waals surface area contributed by atoms with Gasteiger partial charge >= 0.3 is 0 Å². The van der Waals surface area contributed by atoms with E-state index in [0.29, 0.717) is 0 Å². The molecule has 0 saturated heterocycles. The fourth-order valence-electron chi connectivity index (χ4n) is 12.6. The maximum atomic E-state index is 6.92. The highest BCUT2D eigenvalue weighted by Gasteiger charge is 2.52. The molecule has 1 spiro atoms. The van der Waals surface area contributed by atoms with Crippen molar-refractivity contribution in [3.8, 4) is 44.5 Å². The summed E-state index contributed by atoms with van der Waals surface area (Å²) in [6, 6.07) is 78.2. The summed E-state index contributed by atoms with van der Waals surface area (Å²) in [5.41, 5.74) is 23.9. The first kappa shape index (κ1) is 36.9. The Hall–Kier alpha value is -8.40. The molecule has 0 aliphatic heterocycles. The average molecular weight is 856 g/mol. The highest BCUT2D eigenvalue weighted by Crippen LogP contribution is 2.65. The molecule has 12 aromatic rings. The third-order valence-corrected chi connectivity index (χ3v) is 15.5. The third-order valence-electron chi connectivity index (χ3n) is 15.5. The van der Waals surface area contributed by atoms with Crippen molar-refractivity contribution in [2.75, 3.05) is 4.90 Å². The highest BCUT2D eigenvalue weighted by atomic mass is 16.3. The van der Waals surface area contributed by atoms with Crippen LogP contribution in [0.25, 0.3) is 88.4 Å². The first-order valence-electron chi connectivity index (χ1n) is 23.3. The van der Waals surface area contributed by atoms with Crippen LogP contribution in [0.15, 0.2) is 221 Å². The molecule has 0 bridgehead atoms. The van der Waals surface area contributed by atoms with Crippen LogP contribution in [-0.2, 0) is 10.8 Å². The van der Waals surface area contributed by atoms with Gasteiger partial charge in [-0.2, -0.15) is 0 Å². The van der Waals surface area contributed by atoms with Gasteiger partial charge in [-0.15, -0.1) is 0 Å². The number of benzene rings is 10. The van der Waals surface area contributed by atoms with Crippen LogP contribution in [0, 0.1) is 0 Å². The standard InChI is InChI=1S/C64H41NO2/c1-63(2)49-22-10-6-18-41(49)44-33-31-40(35-54(44)63)65(55-27-14-26-53-61(55)46-21-9-13-25-52(46)64(53)50-23-11-7-19-42(50)43-20-8-12-24-51(43)64)56-28-15-29-57-62(56)48-37-59-47(36-60(48)66-57)45-32-30-39(34-58(45)67-59)38-16-4-3-5-17-38/h3-37H,1-2H3. The van der Waals surface area contributed by atoms with Crippen LogP contribution < -0.4 is 4.90 Å². The second-order valence-electron chi connectivity index (χ2n) is 19.1. The Bertz CT molecular complexity index is 4040. The van der Waals surface area contributed by atoms with E-state index in [-0.39, 0.29) is 5.41 Å². The number of hydrogen-bond donors (Lipinski definition) is 0. The lowest BCUT2D eigenvalue weighted by Crippen LogP contribution is -2.26. The monoisotopic (exact) mass is 855 g/mol. The van der Waals surface area contributed by atoms with Crippen LogP contribution in [0.1, 0.15) is 47.2 Å². The smallest absolute Gasteiger partial charge is 0.137 e. The zero-order chi connectivity index (χ0) is 44.2. The van der Waals surface area contributed by atoms with Crippen molar-refractivity contribution in [1.82, 2.24) is 0 Å². The summed E-state index contributed by atoms with van der Waals surface area (Å²) in [6.45, 7) is 4.74. The molecule has 0 unspecified atom stereocenters. The van der Waals surface area contributed by atoms with E-state index in [2.05, 4.69) is 231 Å². The largest absolute Gasteiger partial charge is 0.456 e. The van der Waals surface area contributed by atoms with Crippen LogP contribution in [0.4, 0.5) is 17.1 Å². The Morgan fingerprint density at radius 1 is 0.343 bits per heavy atom. The molecule has 3 heteroatoms. The summed E-state index contributed by atoms with van der Waals surface area (Å²) in [7, 11) is 0. The molecule has 0 fully saturated rings. The lowest BCUT2D eigenvalue weighted by molar-refractivity contribution is 0.660. The number of furan rings is 2. The van der Waals surface area contributed by atoms with Gasteiger partial charge in [0, 0.05) is 32.8 Å². The van der Waals surface area contributed by atoms with Gasteiger partial charge in [0.05, 0.1) is 22.2 Å². The normalized spacial score (nSPS) is 14.4. The molecule has 0 amide bonds. The van der Waals surface area contributed by atoms with Crippen molar-refractivity contribution in [3.05, 3.63) is 246 Å². The molecule has 0 radical (unpaired) electrons. The molecule has 0 saturated carbocycles. The Morgan fingerprint density at radius 2 is 0.896 bits per heavy atom. The fourth-order valence-corrected chi connectivity index (χ4v) is 12.6. The van der Waals surface area contributed by atoms with Crippen LogP contribution >= 0.6 is 0 Å². The van der Waals surface area contributed by atoms with E-state index >= 15 is 0 Å². The topological polar surface area (TPSA) is 29.5 Å². The molecule has 2 aromatic heterocycles. The molecule has 15 rings (SSSR count). The van der Waals surface area contributed by atoms with Gasteiger partial charge in [-0.3, -0.25) is 0 Å². The molecule has 3 nitrogen and oxygen atoms in total. The molecular formula is C64H41NO2. The lowest BCUT2D eigenvalue weighted by Gasteiger charge is -2.32. The first-order chi connectivity index (χ1) is 33.0. The Morgan fingerprint density at radius 3 is 1.66 bits per heavy atom. The third kappa shape index (κ3) is 4.75. The van der Waals surface area contributed by atoms with Crippen molar-refractivity contribution in [3.63, 3.8) is 0 Å². The summed E-state index contributed by atoms with van der Waals surface area (Å²) in [4.78, 5) is 2.52. The zero-order valence-corrected chi connectivity index (χ0v) is 37.0. The number of hydrogen-bond acceptors (Lipinski definition) is 3. The summed E-state index contributed by atoms with van der Waals surface area (Å²) in [5.74, 6) is 0. The Balaban J connectivity index is 1.02. The highest BCUT2D eigenvalue weighted by molar-refractivity contribution is 6.19. The Kier molecular flexibility index (Phi) is 7.22. The summed E-state index contributed by atoms with van der Waals surface area (Å²) >= 11 is 0.